The lowest BCUT2D eigenvalue weighted by molar-refractivity contribution is -0.170. The van der Waals surface area contributed by atoms with Crippen LogP contribution in [0.4, 0.5) is 29.2 Å². The van der Waals surface area contributed by atoms with Gasteiger partial charge in [-0.05, 0) is 12.8 Å². The molecule has 0 spiro atoms. The molecular weight excluding hydrogens is 727 g/mol. The van der Waals surface area contributed by atoms with Gasteiger partial charge in [-0.25, -0.2) is 27.2 Å². The Hall–Kier alpha value is -3.56. The molecule has 16 nitrogen and oxygen atoms in total. The molecule has 0 saturated carbocycles. The molecule has 2 fully saturated rings. The number of anilines is 2. The van der Waals surface area contributed by atoms with E-state index in [1.165, 1.54) is 13.8 Å². The Bertz CT molecular complexity index is 1700. The van der Waals surface area contributed by atoms with E-state index in [9.17, 15) is 38.2 Å². The van der Waals surface area contributed by atoms with Gasteiger partial charge in [0.05, 0.1) is 42.6 Å². The maximum atomic E-state index is 15.7. The quantitative estimate of drug-likeness (QED) is 0.124. The van der Waals surface area contributed by atoms with Crippen molar-refractivity contribution in [1.82, 2.24) is 19.1 Å². The number of hydrogen-bond acceptors (Lipinski definition) is 14. The average Bonchev–Trinajstić information content (AvgIpc) is 3.51. The third kappa shape index (κ3) is 7.40. The minimum absolute atomic E-state index is 0.0121. The van der Waals surface area contributed by atoms with Crippen molar-refractivity contribution in [3.05, 3.63) is 45.0 Å². The molecule has 278 valence electrons. The summed E-state index contributed by atoms with van der Waals surface area (Å²) >= 11 is 11.9. The molecule has 50 heavy (non-hydrogen) atoms. The lowest BCUT2D eigenvalue weighted by Crippen LogP contribution is -2.50. The largest absolute Gasteiger partial charge is 0.462 e. The maximum Gasteiger partial charge on any atom is 0.351 e. The zero-order chi connectivity index (χ0) is 37.3. The maximum absolute atomic E-state index is 15.7. The Morgan fingerprint density at radius 2 is 1.38 bits per heavy atom. The van der Waals surface area contributed by atoms with Gasteiger partial charge < -0.3 is 40.6 Å². The lowest BCUT2D eigenvalue weighted by Gasteiger charge is -2.30. The van der Waals surface area contributed by atoms with Crippen LogP contribution >= 0.6 is 23.2 Å². The summed E-state index contributed by atoms with van der Waals surface area (Å²) in [4.78, 5) is 56.8. The first-order valence-corrected chi connectivity index (χ1v) is 16.0. The topological polar surface area (TPSA) is 233 Å². The van der Waals surface area contributed by atoms with Gasteiger partial charge in [0.15, 0.2) is 54.2 Å². The van der Waals surface area contributed by atoms with Crippen LogP contribution in [0.5, 0.6) is 0 Å². The minimum Gasteiger partial charge on any atom is -0.462 e. The SMILES string of the molecule is CC(CCC(C)C(=O)O[C@H]1[C@H](F)[C@H](n2cc(F)c(N)nc2=O)O[C@@]1(CO)CCl)C(=O)OC[C@@]1(CCl)O[C@@H](n2cc(F)c(N)nc2=O)[C@@H](F)[C@@H]1O. The second kappa shape index (κ2) is 15.4. The van der Waals surface area contributed by atoms with Gasteiger partial charge in [-0.1, -0.05) is 13.8 Å². The highest BCUT2D eigenvalue weighted by molar-refractivity contribution is 6.19. The third-order valence-electron chi connectivity index (χ3n) is 8.58. The van der Waals surface area contributed by atoms with Gasteiger partial charge in [0, 0.05) is 0 Å². The highest BCUT2D eigenvalue weighted by atomic mass is 35.5. The van der Waals surface area contributed by atoms with E-state index in [4.69, 9.17) is 53.6 Å². The van der Waals surface area contributed by atoms with Crippen molar-refractivity contribution in [3.63, 3.8) is 0 Å². The van der Waals surface area contributed by atoms with E-state index in [2.05, 4.69) is 9.97 Å². The van der Waals surface area contributed by atoms with Crippen LogP contribution in [0.2, 0.25) is 0 Å². The second-order valence-corrected chi connectivity index (χ2v) is 12.6. The molecule has 0 radical (unpaired) electrons. The van der Waals surface area contributed by atoms with Gasteiger partial charge in [0.25, 0.3) is 0 Å². The van der Waals surface area contributed by atoms with Crippen LogP contribution in [0.25, 0.3) is 0 Å². The molecule has 2 saturated heterocycles. The number of aromatic nitrogens is 4. The number of hydrogen-bond donors (Lipinski definition) is 4. The number of carbonyl (C=O) groups excluding carboxylic acids is 2. The van der Waals surface area contributed by atoms with E-state index in [1.807, 2.05) is 0 Å². The molecule has 2 aromatic rings. The van der Waals surface area contributed by atoms with E-state index in [0.29, 0.717) is 21.5 Å². The fraction of sp³-hybridized carbons (Fsp3) is 0.643. The van der Waals surface area contributed by atoms with Crippen LogP contribution in [0.1, 0.15) is 39.1 Å². The van der Waals surface area contributed by atoms with Gasteiger partial charge in [-0.3, -0.25) is 18.7 Å². The number of carbonyl (C=O) groups is 2. The van der Waals surface area contributed by atoms with E-state index in [1.54, 1.807) is 0 Å². The predicted molar refractivity (Wildman–Crippen MR) is 164 cm³/mol. The fourth-order valence-corrected chi connectivity index (χ4v) is 5.96. The van der Waals surface area contributed by atoms with Gasteiger partial charge in [-0.2, -0.15) is 9.97 Å². The van der Waals surface area contributed by atoms with E-state index in [-0.39, 0.29) is 12.8 Å². The van der Waals surface area contributed by atoms with Crippen LogP contribution in [-0.2, 0) is 28.5 Å². The number of aliphatic hydroxyl groups excluding tert-OH is 2. The van der Waals surface area contributed by atoms with Crippen molar-refractivity contribution in [2.45, 2.75) is 74.9 Å². The number of nitrogens with zero attached hydrogens (tertiary/aromatic N) is 4. The van der Waals surface area contributed by atoms with Gasteiger partial charge in [0.1, 0.15) is 23.9 Å². The zero-order valence-corrected chi connectivity index (χ0v) is 27.9. The summed E-state index contributed by atoms with van der Waals surface area (Å²) in [5, 5.41) is 20.6. The van der Waals surface area contributed by atoms with E-state index in [0.717, 1.165) is 0 Å². The number of esters is 2. The van der Waals surface area contributed by atoms with Crippen LogP contribution < -0.4 is 22.8 Å². The number of nitrogen functional groups attached to an aromatic ring is 2. The van der Waals surface area contributed by atoms with Gasteiger partial charge in [-0.15, -0.1) is 23.2 Å². The second-order valence-electron chi connectivity index (χ2n) is 12.1. The Labute approximate surface area is 290 Å². The fourth-order valence-electron chi connectivity index (χ4n) is 5.36. The smallest absolute Gasteiger partial charge is 0.351 e. The molecule has 4 rings (SSSR count). The van der Waals surface area contributed by atoms with Crippen molar-refractivity contribution in [2.75, 3.05) is 36.4 Å². The van der Waals surface area contributed by atoms with Crippen molar-refractivity contribution < 1.29 is 56.3 Å². The number of halogens is 6. The standard InChI is InChI=1S/C28H34Cl2F4N6O10/c1-11(23(43)47-10-28(8-30)17(42)15(33)21(50-28)39-5-13(31)19(35)37-25(39)45)3-4-12(2)24(44)48-18-16(34)22(49-27(18,7-29)9-41)40-6-14(32)20(36)38-26(40)46/h5-6,11-12,15-18,21-22,41-42H,3-4,7-10H2,1-2H3,(H2,35,37,45)(H2,36,38,46)/t11?,12?,15-,16-,17-,18-,21+,22+,27+,28+/m0/s1. The monoisotopic (exact) mass is 760 g/mol. The minimum atomic E-state index is -2.33. The van der Waals surface area contributed by atoms with Crippen LogP contribution in [0, 0.1) is 23.5 Å². The number of ether oxygens (including phenoxy) is 4. The van der Waals surface area contributed by atoms with Crippen molar-refractivity contribution in [3.8, 4) is 0 Å². The van der Waals surface area contributed by atoms with Gasteiger partial charge >= 0.3 is 23.3 Å². The molecule has 0 amide bonds. The molecule has 2 unspecified atom stereocenters. The summed E-state index contributed by atoms with van der Waals surface area (Å²) in [5.74, 6) is -8.80. The number of aliphatic hydroxyl groups is 2. The average molecular weight is 762 g/mol. The first-order valence-electron chi connectivity index (χ1n) is 15.0. The number of alkyl halides is 4. The van der Waals surface area contributed by atoms with E-state index >= 15 is 8.78 Å². The first-order chi connectivity index (χ1) is 23.4. The molecule has 6 N–H and O–H groups in total. The molecule has 2 aliphatic rings. The number of rotatable bonds is 13. The highest BCUT2D eigenvalue weighted by Crippen LogP contribution is 2.42. The molecule has 2 aromatic heterocycles. The molecular formula is C28H34Cl2F4N6O10. The Morgan fingerprint density at radius 3 is 1.86 bits per heavy atom. The summed E-state index contributed by atoms with van der Waals surface area (Å²) in [5.41, 5.74) is 4.08. The molecule has 2 aliphatic heterocycles. The molecule has 0 bridgehead atoms. The zero-order valence-electron chi connectivity index (χ0n) is 26.4. The molecule has 4 heterocycles. The Morgan fingerprint density at radius 1 is 0.920 bits per heavy atom. The normalized spacial score (nSPS) is 30.6. The van der Waals surface area contributed by atoms with Crippen molar-refractivity contribution >= 4 is 46.8 Å². The molecule has 10 atom stereocenters. The first kappa shape index (κ1) is 39.2. The van der Waals surface area contributed by atoms with Gasteiger partial charge in [0.2, 0.25) is 0 Å². The van der Waals surface area contributed by atoms with Crippen molar-refractivity contribution in [1.29, 1.82) is 0 Å². The summed E-state index contributed by atoms with van der Waals surface area (Å²) in [6.07, 6.45) is -11.3. The Balaban J connectivity index is 1.36. The van der Waals surface area contributed by atoms with Crippen LogP contribution in [-0.4, -0.2) is 102 Å². The molecule has 0 aromatic carbocycles. The summed E-state index contributed by atoms with van der Waals surface area (Å²) < 4.78 is 81.3. The summed E-state index contributed by atoms with van der Waals surface area (Å²) in [6, 6.07) is 0. The lowest BCUT2D eigenvalue weighted by atomic mass is 9.96. The molecule has 0 aliphatic carbocycles. The van der Waals surface area contributed by atoms with Crippen molar-refractivity contribution in [2.24, 2.45) is 11.8 Å². The van der Waals surface area contributed by atoms with Crippen LogP contribution in [0.3, 0.4) is 0 Å². The van der Waals surface area contributed by atoms with Crippen LogP contribution in [0.15, 0.2) is 22.0 Å². The third-order valence-corrected chi connectivity index (χ3v) is 9.48. The molecule has 22 heteroatoms. The summed E-state index contributed by atoms with van der Waals surface area (Å²) in [7, 11) is 0. The summed E-state index contributed by atoms with van der Waals surface area (Å²) in [6.45, 7) is 1.08. The predicted octanol–water partition coefficient (Wildman–Crippen LogP) is 0.492. The number of nitrogens with two attached hydrogens (primary N) is 2. The highest BCUT2D eigenvalue weighted by Gasteiger charge is 2.59. The van der Waals surface area contributed by atoms with E-state index < -0.39 is 132 Å². The Kier molecular flexibility index (Phi) is 12.0.